The van der Waals surface area contributed by atoms with Gasteiger partial charge in [-0.3, -0.25) is 0 Å². The third-order valence-corrected chi connectivity index (χ3v) is 5.27. The molecule has 2 aromatic rings. The molecule has 1 fully saturated rings. The van der Waals surface area contributed by atoms with Gasteiger partial charge in [0.15, 0.2) is 5.82 Å². The average Bonchev–Trinajstić information content (AvgIpc) is 2.68. The Balaban J connectivity index is 1.51. The Morgan fingerprint density at radius 1 is 1.18 bits per heavy atom. The molecule has 3 rings (SSSR count). The van der Waals surface area contributed by atoms with Crippen LogP contribution in [0.4, 0.5) is 19.0 Å². The largest absolute Gasteiger partial charge is 0.416 e. The molecule has 28 heavy (non-hydrogen) atoms. The second-order valence-electron chi connectivity index (χ2n) is 7.24. The summed E-state index contributed by atoms with van der Waals surface area (Å²) in [6.45, 7) is 1.94. The summed E-state index contributed by atoms with van der Waals surface area (Å²) in [6, 6.07) is 9.55. The fourth-order valence-corrected chi connectivity index (χ4v) is 3.75. The monoisotopic (exact) mass is 394 g/mol. The fraction of sp³-hybridized carbons (Fsp3) is 0.500. The van der Waals surface area contributed by atoms with Crippen molar-refractivity contribution in [2.45, 2.75) is 37.6 Å². The second kappa shape index (κ2) is 8.87. The molecule has 1 aliphatic heterocycles. The zero-order chi connectivity index (χ0) is 20.1. The van der Waals surface area contributed by atoms with Crippen molar-refractivity contribution in [3.63, 3.8) is 0 Å². The van der Waals surface area contributed by atoms with Crippen LogP contribution >= 0.6 is 0 Å². The van der Waals surface area contributed by atoms with Gasteiger partial charge >= 0.3 is 6.18 Å². The lowest BCUT2D eigenvalue weighted by Crippen LogP contribution is -2.46. The van der Waals surface area contributed by atoms with E-state index >= 15 is 0 Å². The molecule has 0 aliphatic carbocycles. The number of aliphatic hydroxyl groups is 1. The second-order valence-corrected chi connectivity index (χ2v) is 7.24. The molecule has 8 heteroatoms. The summed E-state index contributed by atoms with van der Waals surface area (Å²) in [6.07, 6.45) is -1.80. The number of anilines is 1. The van der Waals surface area contributed by atoms with E-state index in [4.69, 9.17) is 0 Å². The van der Waals surface area contributed by atoms with Gasteiger partial charge in [0, 0.05) is 45.3 Å². The van der Waals surface area contributed by atoms with Crippen LogP contribution in [0, 0.1) is 0 Å². The van der Waals surface area contributed by atoms with E-state index in [0.29, 0.717) is 12.6 Å². The molecule has 1 saturated heterocycles. The third kappa shape index (κ3) is 5.20. The van der Waals surface area contributed by atoms with Crippen LogP contribution in [-0.2, 0) is 12.6 Å². The van der Waals surface area contributed by atoms with Crippen molar-refractivity contribution in [3.05, 3.63) is 53.7 Å². The van der Waals surface area contributed by atoms with Crippen LogP contribution in [-0.4, -0.2) is 59.0 Å². The maximum atomic E-state index is 13.1. The minimum Gasteiger partial charge on any atom is -0.391 e. The molecule has 1 atom stereocenters. The molecule has 0 saturated carbocycles. The lowest BCUT2D eigenvalue weighted by molar-refractivity contribution is -0.138. The first-order valence-electron chi connectivity index (χ1n) is 9.40. The topological polar surface area (TPSA) is 52.5 Å². The van der Waals surface area contributed by atoms with Crippen LogP contribution in [0.15, 0.2) is 42.6 Å². The number of piperidine rings is 1. The molecule has 2 heterocycles. The van der Waals surface area contributed by atoms with Gasteiger partial charge in [-0.25, -0.2) is 0 Å². The lowest BCUT2D eigenvalue weighted by Gasteiger charge is -2.37. The Morgan fingerprint density at radius 3 is 2.54 bits per heavy atom. The quantitative estimate of drug-likeness (QED) is 0.816. The van der Waals surface area contributed by atoms with E-state index in [9.17, 15) is 18.3 Å². The summed E-state index contributed by atoms with van der Waals surface area (Å²) in [7, 11) is 1.99. The highest BCUT2D eigenvalue weighted by molar-refractivity contribution is 5.36. The number of aliphatic hydroxyl groups excluding tert-OH is 1. The molecule has 0 spiro atoms. The zero-order valence-corrected chi connectivity index (χ0v) is 15.8. The van der Waals surface area contributed by atoms with Crippen LogP contribution < -0.4 is 4.90 Å². The van der Waals surface area contributed by atoms with Crippen molar-refractivity contribution in [1.82, 2.24) is 15.1 Å². The normalized spacial score (nSPS) is 17.5. The number of halogens is 3. The fourth-order valence-electron chi connectivity index (χ4n) is 3.75. The van der Waals surface area contributed by atoms with E-state index in [1.165, 1.54) is 12.1 Å². The zero-order valence-electron chi connectivity index (χ0n) is 15.8. The summed E-state index contributed by atoms with van der Waals surface area (Å²) >= 11 is 0. The molecular weight excluding hydrogens is 369 g/mol. The Hall–Kier alpha value is -2.19. The van der Waals surface area contributed by atoms with Crippen molar-refractivity contribution in [2.75, 3.05) is 31.6 Å². The molecule has 152 valence electrons. The number of likely N-dealkylation sites (tertiary alicyclic amines) is 1. The molecule has 0 amide bonds. The molecule has 1 aromatic heterocycles. The Labute approximate surface area is 162 Å². The predicted molar refractivity (Wildman–Crippen MR) is 101 cm³/mol. The number of nitrogens with zero attached hydrogens (tertiary/aromatic N) is 4. The highest BCUT2D eigenvalue weighted by Gasteiger charge is 2.33. The van der Waals surface area contributed by atoms with E-state index in [2.05, 4.69) is 20.0 Å². The minimum absolute atomic E-state index is 0.00484. The maximum Gasteiger partial charge on any atom is 0.416 e. The standard InChI is InChI=1S/C20H25F3N4O/c1-26(19-7-4-10-24-25-19)16-8-11-27(12-9-16)14-17(28)13-15-5-2-3-6-18(15)20(21,22)23/h2-7,10,16-17,28H,8-9,11-14H2,1H3. The number of rotatable bonds is 6. The first kappa shape index (κ1) is 20.5. The molecular formula is C20H25F3N4O. The number of benzene rings is 1. The SMILES string of the molecule is CN(c1cccnn1)C1CCN(CC(O)Cc2ccccc2C(F)(F)F)CC1. The molecule has 1 aliphatic rings. The summed E-state index contributed by atoms with van der Waals surface area (Å²) in [5.41, 5.74) is -0.530. The van der Waals surface area contributed by atoms with Gasteiger partial charge in [0.2, 0.25) is 0 Å². The van der Waals surface area contributed by atoms with Gasteiger partial charge in [0.25, 0.3) is 0 Å². The molecule has 1 aromatic carbocycles. The van der Waals surface area contributed by atoms with Crippen molar-refractivity contribution in [2.24, 2.45) is 0 Å². The molecule has 1 unspecified atom stereocenters. The number of alkyl halides is 3. The van der Waals surface area contributed by atoms with E-state index in [1.807, 2.05) is 19.2 Å². The average molecular weight is 394 g/mol. The number of aromatic nitrogens is 2. The van der Waals surface area contributed by atoms with Crippen molar-refractivity contribution in [3.8, 4) is 0 Å². The van der Waals surface area contributed by atoms with Crippen LogP contribution in [0.25, 0.3) is 0 Å². The van der Waals surface area contributed by atoms with Crippen LogP contribution in [0.3, 0.4) is 0 Å². The predicted octanol–water partition coefficient (Wildman–Crippen LogP) is 3.00. The first-order valence-corrected chi connectivity index (χ1v) is 9.40. The number of β-amino-alcohol motifs (C(OH)–C–C–N with tert-alkyl or cyclic N) is 1. The smallest absolute Gasteiger partial charge is 0.391 e. The van der Waals surface area contributed by atoms with Gasteiger partial charge in [-0.15, -0.1) is 5.10 Å². The molecule has 0 bridgehead atoms. The highest BCUT2D eigenvalue weighted by atomic mass is 19.4. The summed E-state index contributed by atoms with van der Waals surface area (Å²) in [5.74, 6) is 0.824. The number of hydrogen-bond acceptors (Lipinski definition) is 5. The van der Waals surface area contributed by atoms with Crippen LogP contribution in [0.2, 0.25) is 0 Å². The van der Waals surface area contributed by atoms with Gasteiger partial charge in [-0.1, -0.05) is 18.2 Å². The summed E-state index contributed by atoms with van der Waals surface area (Å²) in [4.78, 5) is 4.22. The molecule has 1 N–H and O–H groups in total. The minimum atomic E-state index is -4.40. The summed E-state index contributed by atoms with van der Waals surface area (Å²) in [5, 5.41) is 18.4. The molecule has 5 nitrogen and oxygen atoms in total. The van der Waals surface area contributed by atoms with Gasteiger partial charge in [0.1, 0.15) is 0 Å². The molecule has 0 radical (unpaired) electrons. The van der Waals surface area contributed by atoms with Gasteiger partial charge < -0.3 is 14.9 Å². The Bertz CT molecular complexity index is 749. The van der Waals surface area contributed by atoms with E-state index in [1.54, 1.807) is 12.3 Å². The van der Waals surface area contributed by atoms with Gasteiger partial charge in [-0.05, 0) is 36.6 Å². The Morgan fingerprint density at radius 2 is 1.89 bits per heavy atom. The van der Waals surface area contributed by atoms with Crippen LogP contribution in [0.1, 0.15) is 24.0 Å². The van der Waals surface area contributed by atoms with Crippen molar-refractivity contribution >= 4 is 5.82 Å². The van der Waals surface area contributed by atoms with Gasteiger partial charge in [-0.2, -0.15) is 18.3 Å². The number of hydrogen-bond donors (Lipinski definition) is 1. The lowest BCUT2D eigenvalue weighted by atomic mass is 9.99. The van der Waals surface area contributed by atoms with E-state index in [-0.39, 0.29) is 12.0 Å². The van der Waals surface area contributed by atoms with E-state index < -0.39 is 17.8 Å². The Kier molecular flexibility index (Phi) is 6.51. The van der Waals surface area contributed by atoms with E-state index in [0.717, 1.165) is 37.8 Å². The van der Waals surface area contributed by atoms with Crippen molar-refractivity contribution in [1.29, 1.82) is 0 Å². The first-order chi connectivity index (χ1) is 13.3. The van der Waals surface area contributed by atoms with Crippen LogP contribution in [0.5, 0.6) is 0 Å². The van der Waals surface area contributed by atoms with Crippen molar-refractivity contribution < 1.29 is 18.3 Å². The third-order valence-electron chi connectivity index (χ3n) is 5.27. The highest BCUT2D eigenvalue weighted by Crippen LogP contribution is 2.32. The maximum absolute atomic E-state index is 13.1. The van der Waals surface area contributed by atoms with Gasteiger partial charge in [0.05, 0.1) is 11.7 Å². The summed E-state index contributed by atoms with van der Waals surface area (Å²) < 4.78 is 39.3.